The topological polar surface area (TPSA) is 119 Å². The van der Waals surface area contributed by atoms with Crippen molar-refractivity contribution in [3.05, 3.63) is 123 Å². The number of aromatic hydroxyl groups is 1. The van der Waals surface area contributed by atoms with E-state index >= 15 is 0 Å². The number of benzene rings is 2. The minimum Gasteiger partial charge on any atom is -0.508 e. The Morgan fingerprint density at radius 1 is 0.922 bits per heavy atom. The van der Waals surface area contributed by atoms with Crippen molar-refractivity contribution in [3.63, 3.8) is 0 Å². The Morgan fingerprint density at radius 2 is 1.75 bits per heavy atom. The van der Waals surface area contributed by atoms with Crippen molar-refractivity contribution in [1.82, 2.24) is 33.7 Å². The van der Waals surface area contributed by atoms with Gasteiger partial charge < -0.3 is 19.6 Å². The van der Waals surface area contributed by atoms with Crippen molar-refractivity contribution < 1.29 is 18.6 Å². The molecule has 0 spiro atoms. The third-order valence-corrected chi connectivity index (χ3v) is 10.00. The van der Waals surface area contributed by atoms with Gasteiger partial charge >= 0.3 is 5.69 Å². The quantitative estimate of drug-likeness (QED) is 0.230. The minimum absolute atomic E-state index is 0.0221. The molecular formula is C38H37F2N7O4. The van der Waals surface area contributed by atoms with Crippen LogP contribution in [0.2, 0.25) is 0 Å². The van der Waals surface area contributed by atoms with E-state index in [4.69, 9.17) is 4.74 Å². The zero-order valence-corrected chi connectivity index (χ0v) is 27.8. The summed E-state index contributed by atoms with van der Waals surface area (Å²) in [6, 6.07) is 16.5. The molecule has 1 saturated carbocycles. The van der Waals surface area contributed by atoms with Gasteiger partial charge in [0.15, 0.2) is 5.65 Å². The lowest BCUT2D eigenvalue weighted by atomic mass is 9.91. The van der Waals surface area contributed by atoms with Crippen LogP contribution in [0.5, 0.6) is 5.75 Å². The number of nitrogens with zero attached hydrogens (tertiary/aromatic N) is 6. The SMILES string of the molecule is O=c1c2cc(F)cnc2n(-c2cccc(-c3cc(O)ccc3CN3CCOCC3)c2)c(=O)n1C1CCC(NCc2cn3cc(F)ccc3n2)CC1. The molecule has 6 aromatic rings. The largest absolute Gasteiger partial charge is 0.508 e. The van der Waals surface area contributed by atoms with E-state index < -0.39 is 23.1 Å². The van der Waals surface area contributed by atoms with Crippen LogP contribution in [0.4, 0.5) is 8.78 Å². The molecule has 262 valence electrons. The van der Waals surface area contributed by atoms with E-state index in [0.29, 0.717) is 63.3 Å². The fourth-order valence-electron chi connectivity index (χ4n) is 7.41. The first-order chi connectivity index (χ1) is 24.8. The normalized spacial score (nSPS) is 18.5. The highest BCUT2D eigenvalue weighted by atomic mass is 19.1. The van der Waals surface area contributed by atoms with E-state index in [1.54, 1.807) is 34.9 Å². The summed E-state index contributed by atoms with van der Waals surface area (Å²) in [4.78, 5) is 39.4. The number of halogens is 2. The fourth-order valence-corrected chi connectivity index (χ4v) is 7.41. The standard InChI is InChI=1S/C38H37F2N7O4/c39-26-5-11-35-43-29(23-45(35)22-26)20-41-28-6-8-30(9-7-28)47-37(49)34-17-27(40)19-42-36(34)46(38(47)50)31-3-1-2-24(16-31)33-18-32(48)10-4-25(33)21-44-12-14-51-15-13-44/h1-5,10-11,16-19,22-23,28,30,41,48H,6-9,12-15,20-21H2. The summed E-state index contributed by atoms with van der Waals surface area (Å²) in [5.41, 5.74) is 3.48. The van der Waals surface area contributed by atoms with Crippen LogP contribution in [0, 0.1) is 11.6 Å². The molecule has 0 atom stereocenters. The number of phenols is 1. The molecule has 0 amide bonds. The molecule has 4 aromatic heterocycles. The molecule has 11 nitrogen and oxygen atoms in total. The van der Waals surface area contributed by atoms with Crippen LogP contribution in [-0.4, -0.2) is 65.9 Å². The first-order valence-corrected chi connectivity index (χ1v) is 17.2. The van der Waals surface area contributed by atoms with E-state index in [0.717, 1.165) is 47.7 Å². The van der Waals surface area contributed by atoms with Crippen LogP contribution in [0.15, 0.2) is 88.8 Å². The van der Waals surface area contributed by atoms with E-state index in [9.17, 15) is 23.5 Å². The van der Waals surface area contributed by atoms with Crippen molar-refractivity contribution in [2.45, 2.75) is 50.9 Å². The van der Waals surface area contributed by atoms with E-state index in [-0.39, 0.29) is 28.6 Å². The van der Waals surface area contributed by atoms with Crippen LogP contribution in [0.25, 0.3) is 33.5 Å². The van der Waals surface area contributed by atoms with Gasteiger partial charge in [-0.3, -0.25) is 14.3 Å². The summed E-state index contributed by atoms with van der Waals surface area (Å²) in [5.74, 6) is -0.884. The van der Waals surface area contributed by atoms with Crippen molar-refractivity contribution in [2.24, 2.45) is 0 Å². The number of fused-ring (bicyclic) bond motifs is 2. The smallest absolute Gasteiger partial charge is 0.337 e. The van der Waals surface area contributed by atoms with Gasteiger partial charge in [0.2, 0.25) is 0 Å². The van der Waals surface area contributed by atoms with Crippen LogP contribution in [-0.2, 0) is 17.8 Å². The Labute approximate surface area is 291 Å². The second-order valence-corrected chi connectivity index (χ2v) is 13.3. The molecule has 51 heavy (non-hydrogen) atoms. The Balaban J connectivity index is 1.09. The van der Waals surface area contributed by atoms with Crippen molar-refractivity contribution in [1.29, 1.82) is 0 Å². The molecule has 0 bridgehead atoms. The van der Waals surface area contributed by atoms with Crippen molar-refractivity contribution >= 4 is 16.7 Å². The lowest BCUT2D eigenvalue weighted by molar-refractivity contribution is 0.0342. The molecule has 0 unspecified atom stereocenters. The fraction of sp³-hybridized carbons (Fsp3) is 0.316. The number of aromatic nitrogens is 5. The molecule has 8 rings (SSSR count). The predicted molar refractivity (Wildman–Crippen MR) is 188 cm³/mol. The van der Waals surface area contributed by atoms with Gasteiger partial charge in [-0.1, -0.05) is 18.2 Å². The molecule has 2 fully saturated rings. The van der Waals surface area contributed by atoms with Crippen molar-refractivity contribution in [2.75, 3.05) is 26.3 Å². The third kappa shape index (κ3) is 6.67. The van der Waals surface area contributed by atoms with E-state index in [1.807, 2.05) is 24.3 Å². The maximum atomic E-state index is 14.6. The van der Waals surface area contributed by atoms with Crippen LogP contribution < -0.4 is 16.6 Å². The third-order valence-electron chi connectivity index (χ3n) is 10.00. The van der Waals surface area contributed by atoms with Gasteiger partial charge in [0.05, 0.1) is 36.2 Å². The first kappa shape index (κ1) is 32.9. The number of hydrogen-bond acceptors (Lipinski definition) is 8. The molecule has 0 radical (unpaired) electrons. The summed E-state index contributed by atoms with van der Waals surface area (Å²) in [7, 11) is 0. The molecular weight excluding hydrogens is 656 g/mol. The molecule has 1 aliphatic heterocycles. The first-order valence-electron chi connectivity index (χ1n) is 17.2. The maximum absolute atomic E-state index is 14.6. The van der Waals surface area contributed by atoms with E-state index in [1.165, 1.54) is 21.4 Å². The van der Waals surface area contributed by atoms with Gasteiger partial charge in [0.1, 0.15) is 23.0 Å². The Morgan fingerprint density at radius 3 is 2.57 bits per heavy atom. The van der Waals surface area contributed by atoms with Gasteiger partial charge in [-0.2, -0.15) is 0 Å². The summed E-state index contributed by atoms with van der Waals surface area (Å²) in [5, 5.41) is 14.0. The summed E-state index contributed by atoms with van der Waals surface area (Å²) in [6.07, 6.45) is 6.73. The maximum Gasteiger partial charge on any atom is 0.337 e. The highest BCUT2D eigenvalue weighted by Crippen LogP contribution is 2.31. The monoisotopic (exact) mass is 693 g/mol. The lowest BCUT2D eigenvalue weighted by Crippen LogP contribution is -2.44. The summed E-state index contributed by atoms with van der Waals surface area (Å²) < 4.78 is 38.0. The van der Waals surface area contributed by atoms with E-state index in [2.05, 4.69) is 20.2 Å². The number of ether oxygens (including phenoxy) is 1. The zero-order valence-electron chi connectivity index (χ0n) is 27.8. The number of morpholine rings is 1. The number of phenolic OH excluding ortho intramolecular Hbond substituents is 1. The van der Waals surface area contributed by atoms with Crippen molar-refractivity contribution in [3.8, 4) is 22.6 Å². The Hall–Kier alpha value is -5.24. The molecule has 2 N–H and O–H groups in total. The van der Waals surface area contributed by atoms with Gasteiger partial charge in [0.25, 0.3) is 5.56 Å². The predicted octanol–water partition coefficient (Wildman–Crippen LogP) is 4.95. The highest BCUT2D eigenvalue weighted by Gasteiger charge is 2.27. The Kier molecular flexibility index (Phi) is 8.92. The van der Waals surface area contributed by atoms with Crippen LogP contribution >= 0.6 is 0 Å². The van der Waals surface area contributed by atoms with Gasteiger partial charge in [0, 0.05) is 50.7 Å². The van der Waals surface area contributed by atoms with Gasteiger partial charge in [-0.05, 0) is 84.8 Å². The van der Waals surface area contributed by atoms with Crippen LogP contribution in [0.1, 0.15) is 43.0 Å². The molecule has 1 saturated heterocycles. The zero-order chi connectivity index (χ0) is 35.1. The second-order valence-electron chi connectivity index (χ2n) is 13.3. The number of imidazole rings is 1. The molecule has 1 aliphatic carbocycles. The molecule has 2 aromatic carbocycles. The van der Waals surface area contributed by atoms with Gasteiger partial charge in [-0.15, -0.1) is 0 Å². The van der Waals surface area contributed by atoms with Gasteiger partial charge in [-0.25, -0.2) is 28.1 Å². The average molecular weight is 694 g/mol. The lowest BCUT2D eigenvalue weighted by Gasteiger charge is -2.30. The number of nitrogens with one attached hydrogen (secondary N) is 1. The average Bonchev–Trinajstić information content (AvgIpc) is 3.55. The van der Waals surface area contributed by atoms with Crippen LogP contribution in [0.3, 0.4) is 0 Å². The summed E-state index contributed by atoms with van der Waals surface area (Å²) >= 11 is 0. The second kappa shape index (κ2) is 13.8. The highest BCUT2D eigenvalue weighted by molar-refractivity contribution is 5.77. The summed E-state index contributed by atoms with van der Waals surface area (Å²) in [6.45, 7) is 4.07. The minimum atomic E-state index is -0.666. The Bertz CT molecular complexity index is 2360. The molecule has 5 heterocycles. The molecule has 13 heteroatoms. The number of pyridine rings is 2. The molecule has 2 aliphatic rings. The number of rotatable bonds is 8. The number of hydrogen-bond donors (Lipinski definition) is 2.